The molecule has 0 heterocycles. The molecule has 0 aliphatic carbocycles. The van der Waals surface area contributed by atoms with Crippen molar-refractivity contribution in [2.75, 3.05) is 6.54 Å². The second kappa shape index (κ2) is 8.09. The zero-order valence-electron chi connectivity index (χ0n) is 12.5. The maximum atomic E-state index is 13.5. The lowest BCUT2D eigenvalue weighted by Gasteiger charge is -2.10. The molecule has 0 bridgehead atoms. The van der Waals surface area contributed by atoms with Gasteiger partial charge in [0.05, 0.1) is 6.54 Å². The van der Waals surface area contributed by atoms with Gasteiger partial charge in [0.1, 0.15) is 11.6 Å². The van der Waals surface area contributed by atoms with Gasteiger partial charge in [-0.05, 0) is 29.8 Å². The van der Waals surface area contributed by atoms with Gasteiger partial charge in [-0.15, -0.1) is 0 Å². The Morgan fingerprint density at radius 3 is 2.32 bits per heavy atom. The molecule has 0 spiro atoms. The third kappa shape index (κ3) is 5.12. The van der Waals surface area contributed by atoms with Crippen molar-refractivity contribution in [1.29, 1.82) is 0 Å². The zero-order valence-corrected chi connectivity index (χ0v) is 14.9. The second-order valence-corrected chi connectivity index (χ2v) is 7.44. The van der Waals surface area contributed by atoms with Crippen LogP contribution in [-0.2, 0) is 21.4 Å². The fourth-order valence-corrected chi connectivity index (χ4v) is 3.48. The highest BCUT2D eigenvalue weighted by Gasteiger charge is 2.24. The van der Waals surface area contributed by atoms with Gasteiger partial charge in [-0.1, -0.05) is 35.3 Å². The van der Waals surface area contributed by atoms with E-state index in [4.69, 9.17) is 23.2 Å². The van der Waals surface area contributed by atoms with Crippen LogP contribution < -0.4 is 10.0 Å². The van der Waals surface area contributed by atoms with E-state index in [-0.39, 0.29) is 6.54 Å². The Labute approximate surface area is 153 Å². The molecule has 2 N–H and O–H groups in total. The first kappa shape index (κ1) is 19.6. The number of halogens is 4. The molecule has 134 valence electrons. The van der Waals surface area contributed by atoms with Crippen molar-refractivity contribution < 1.29 is 22.0 Å². The van der Waals surface area contributed by atoms with Crippen LogP contribution in [0, 0.1) is 11.6 Å². The average molecular weight is 409 g/mol. The summed E-state index contributed by atoms with van der Waals surface area (Å²) in [4.78, 5) is 10.6. The van der Waals surface area contributed by atoms with E-state index in [9.17, 15) is 22.0 Å². The number of amides is 1. The van der Waals surface area contributed by atoms with Gasteiger partial charge in [-0.25, -0.2) is 21.9 Å². The van der Waals surface area contributed by atoms with E-state index in [1.807, 2.05) is 4.72 Å². The molecule has 0 aliphatic heterocycles. The molecule has 0 atom stereocenters. The van der Waals surface area contributed by atoms with Crippen molar-refractivity contribution in [1.82, 2.24) is 10.0 Å². The van der Waals surface area contributed by atoms with Crippen LogP contribution in [0.4, 0.5) is 8.78 Å². The SMILES string of the molecule is O=C(CNS(=O)(=O)c1c(F)cccc1F)NCc1ccc(Cl)cc1Cl. The van der Waals surface area contributed by atoms with Crippen molar-refractivity contribution >= 4 is 39.1 Å². The summed E-state index contributed by atoms with van der Waals surface area (Å²) < 4.78 is 52.8. The largest absolute Gasteiger partial charge is 0.351 e. The Balaban J connectivity index is 1.97. The second-order valence-electron chi connectivity index (χ2n) is 4.89. The Kier molecular flexibility index (Phi) is 6.34. The Morgan fingerprint density at radius 1 is 1.08 bits per heavy atom. The predicted molar refractivity (Wildman–Crippen MR) is 89.9 cm³/mol. The molecule has 25 heavy (non-hydrogen) atoms. The van der Waals surface area contributed by atoms with Crippen LogP contribution in [0.2, 0.25) is 10.0 Å². The van der Waals surface area contributed by atoms with Crippen LogP contribution in [0.1, 0.15) is 5.56 Å². The third-order valence-electron chi connectivity index (χ3n) is 3.10. The molecule has 10 heteroatoms. The molecule has 2 rings (SSSR count). The maximum absolute atomic E-state index is 13.5. The molecular formula is C15H12Cl2F2N2O3S. The van der Waals surface area contributed by atoms with Gasteiger partial charge >= 0.3 is 0 Å². The average Bonchev–Trinajstić information content (AvgIpc) is 2.52. The van der Waals surface area contributed by atoms with Crippen LogP contribution >= 0.6 is 23.2 Å². The molecule has 2 aromatic carbocycles. The molecular weight excluding hydrogens is 397 g/mol. The number of carbonyl (C=O) groups excluding carboxylic acids is 1. The van der Waals surface area contributed by atoms with E-state index in [0.717, 1.165) is 18.2 Å². The lowest BCUT2D eigenvalue weighted by atomic mass is 10.2. The first-order valence-corrected chi connectivity index (χ1v) is 9.09. The number of rotatable bonds is 6. The summed E-state index contributed by atoms with van der Waals surface area (Å²) in [5.41, 5.74) is 0.572. The smallest absolute Gasteiger partial charge is 0.246 e. The molecule has 0 unspecified atom stereocenters. The van der Waals surface area contributed by atoms with Crippen LogP contribution in [-0.4, -0.2) is 20.9 Å². The molecule has 0 aliphatic rings. The Bertz CT molecular complexity index is 887. The molecule has 0 saturated heterocycles. The molecule has 0 radical (unpaired) electrons. The van der Waals surface area contributed by atoms with E-state index in [1.54, 1.807) is 12.1 Å². The standard InChI is InChI=1S/C15H12Cl2F2N2O3S/c16-10-5-4-9(11(17)6-10)7-20-14(22)8-21-25(23,24)15-12(18)2-1-3-13(15)19/h1-6,21H,7-8H2,(H,20,22). The van der Waals surface area contributed by atoms with Gasteiger partial charge in [0.2, 0.25) is 15.9 Å². The number of sulfonamides is 1. The summed E-state index contributed by atoms with van der Waals surface area (Å²) in [5, 5.41) is 3.20. The Hall–Kier alpha value is -1.74. The maximum Gasteiger partial charge on any atom is 0.246 e. The van der Waals surface area contributed by atoms with Gasteiger partial charge in [0.15, 0.2) is 4.90 Å². The zero-order chi connectivity index (χ0) is 18.6. The van der Waals surface area contributed by atoms with Crippen LogP contribution in [0.25, 0.3) is 0 Å². The molecule has 0 fully saturated rings. The normalized spacial score (nSPS) is 11.4. The number of hydrogen-bond donors (Lipinski definition) is 2. The van der Waals surface area contributed by atoms with E-state index in [2.05, 4.69) is 5.32 Å². The Morgan fingerprint density at radius 2 is 1.72 bits per heavy atom. The summed E-state index contributed by atoms with van der Waals surface area (Å²) >= 11 is 11.7. The minimum atomic E-state index is -4.52. The monoisotopic (exact) mass is 408 g/mol. The van der Waals surface area contributed by atoms with Crippen molar-refractivity contribution in [3.05, 3.63) is 63.6 Å². The molecule has 5 nitrogen and oxygen atoms in total. The van der Waals surface area contributed by atoms with Gasteiger partial charge in [0, 0.05) is 16.6 Å². The topological polar surface area (TPSA) is 75.3 Å². The third-order valence-corrected chi connectivity index (χ3v) is 5.14. The van der Waals surface area contributed by atoms with Crippen LogP contribution in [0.5, 0.6) is 0 Å². The van der Waals surface area contributed by atoms with Crippen LogP contribution in [0.15, 0.2) is 41.3 Å². The van der Waals surface area contributed by atoms with Gasteiger partial charge in [0.25, 0.3) is 0 Å². The van der Waals surface area contributed by atoms with Gasteiger partial charge < -0.3 is 5.32 Å². The highest BCUT2D eigenvalue weighted by Crippen LogP contribution is 2.21. The molecule has 2 aromatic rings. The fraction of sp³-hybridized carbons (Fsp3) is 0.133. The summed E-state index contributed by atoms with van der Waals surface area (Å²) in [7, 11) is -4.52. The lowest BCUT2D eigenvalue weighted by molar-refractivity contribution is -0.120. The van der Waals surface area contributed by atoms with Gasteiger partial charge in [-0.3, -0.25) is 4.79 Å². The van der Waals surface area contributed by atoms with Crippen molar-refractivity contribution in [2.45, 2.75) is 11.4 Å². The molecule has 0 aromatic heterocycles. The van der Waals surface area contributed by atoms with E-state index in [0.29, 0.717) is 15.6 Å². The van der Waals surface area contributed by atoms with Crippen molar-refractivity contribution in [3.63, 3.8) is 0 Å². The first-order valence-electron chi connectivity index (χ1n) is 6.85. The first-order chi connectivity index (χ1) is 11.7. The predicted octanol–water partition coefficient (Wildman–Crippen LogP) is 2.87. The number of hydrogen-bond acceptors (Lipinski definition) is 3. The van der Waals surface area contributed by atoms with Crippen LogP contribution in [0.3, 0.4) is 0 Å². The summed E-state index contributed by atoms with van der Waals surface area (Å²) in [5.74, 6) is -3.20. The van der Waals surface area contributed by atoms with E-state index < -0.39 is 39.0 Å². The number of carbonyl (C=O) groups is 1. The highest BCUT2D eigenvalue weighted by molar-refractivity contribution is 7.89. The quantitative estimate of drug-likeness (QED) is 0.771. The molecule has 1 amide bonds. The molecule has 0 saturated carbocycles. The van der Waals surface area contributed by atoms with Crippen molar-refractivity contribution in [3.8, 4) is 0 Å². The summed E-state index contributed by atoms with van der Waals surface area (Å²) in [6.07, 6.45) is 0. The minimum absolute atomic E-state index is 0.0324. The highest BCUT2D eigenvalue weighted by atomic mass is 35.5. The summed E-state index contributed by atoms with van der Waals surface area (Å²) in [6.45, 7) is -0.661. The summed E-state index contributed by atoms with van der Waals surface area (Å²) in [6, 6.07) is 7.32. The van der Waals surface area contributed by atoms with E-state index in [1.165, 1.54) is 6.07 Å². The van der Waals surface area contributed by atoms with Gasteiger partial charge in [-0.2, -0.15) is 0 Å². The number of benzene rings is 2. The van der Waals surface area contributed by atoms with Crippen molar-refractivity contribution in [2.24, 2.45) is 0 Å². The number of nitrogens with one attached hydrogen (secondary N) is 2. The minimum Gasteiger partial charge on any atom is -0.351 e. The van der Waals surface area contributed by atoms with E-state index >= 15 is 0 Å². The fourth-order valence-electron chi connectivity index (χ4n) is 1.89. The lowest BCUT2D eigenvalue weighted by Crippen LogP contribution is -2.37.